The number of carbonyl (C=O) groups excluding carboxylic acids is 2. The highest BCUT2D eigenvalue weighted by molar-refractivity contribution is 5.94. The maximum absolute atomic E-state index is 12.9. The Morgan fingerprint density at radius 1 is 1.04 bits per heavy atom. The Morgan fingerprint density at radius 3 is 2.44 bits per heavy atom. The van der Waals surface area contributed by atoms with Gasteiger partial charge in [-0.1, -0.05) is 22.9 Å². The van der Waals surface area contributed by atoms with Crippen LogP contribution in [0.4, 0.5) is 4.39 Å². The molecule has 138 valence electrons. The van der Waals surface area contributed by atoms with Crippen molar-refractivity contribution >= 4 is 11.8 Å². The van der Waals surface area contributed by atoms with Gasteiger partial charge >= 0.3 is 11.8 Å². The number of benzene rings is 2. The van der Waals surface area contributed by atoms with Crippen LogP contribution in [0.2, 0.25) is 0 Å². The van der Waals surface area contributed by atoms with Crippen molar-refractivity contribution < 1.29 is 18.5 Å². The van der Waals surface area contributed by atoms with Gasteiger partial charge in [0.05, 0.1) is 0 Å². The summed E-state index contributed by atoms with van der Waals surface area (Å²) in [5.41, 5.74) is 2.08. The number of hydrogen-bond donors (Lipinski definition) is 2. The fourth-order valence-electron chi connectivity index (χ4n) is 2.35. The minimum Gasteiger partial charge on any atom is -0.350 e. The smallest absolute Gasteiger partial charge is 0.316 e. The van der Waals surface area contributed by atoms with E-state index in [0.29, 0.717) is 11.1 Å². The van der Waals surface area contributed by atoms with Crippen LogP contribution in [-0.2, 0) is 0 Å². The molecule has 0 radical (unpaired) electrons. The predicted molar refractivity (Wildman–Crippen MR) is 95.5 cm³/mol. The van der Waals surface area contributed by atoms with Gasteiger partial charge in [-0.15, -0.1) is 0 Å². The summed E-state index contributed by atoms with van der Waals surface area (Å²) in [4.78, 5) is 28.0. The van der Waals surface area contributed by atoms with Crippen LogP contribution in [0.1, 0.15) is 26.6 Å². The molecule has 0 spiro atoms. The van der Waals surface area contributed by atoms with Crippen LogP contribution < -0.4 is 10.6 Å². The summed E-state index contributed by atoms with van der Waals surface area (Å²) < 4.78 is 17.9. The van der Waals surface area contributed by atoms with Crippen molar-refractivity contribution in [3.63, 3.8) is 0 Å². The molecule has 0 aliphatic heterocycles. The molecule has 0 aliphatic carbocycles. The topological polar surface area (TPSA) is 97.1 Å². The zero-order valence-corrected chi connectivity index (χ0v) is 14.5. The lowest BCUT2D eigenvalue weighted by Gasteiger charge is -2.06. The quantitative estimate of drug-likeness (QED) is 0.651. The summed E-state index contributed by atoms with van der Waals surface area (Å²) in [6.45, 7) is 2.35. The lowest BCUT2D eigenvalue weighted by molar-refractivity contribution is 0.0898. The molecule has 0 atom stereocenters. The van der Waals surface area contributed by atoms with Crippen molar-refractivity contribution in [2.45, 2.75) is 6.92 Å². The lowest BCUT2D eigenvalue weighted by Crippen LogP contribution is -2.34. The van der Waals surface area contributed by atoms with Crippen LogP contribution >= 0.6 is 0 Å². The number of rotatable bonds is 6. The van der Waals surface area contributed by atoms with Crippen LogP contribution in [0.25, 0.3) is 11.4 Å². The number of aryl methyl sites for hydroxylation is 1. The second kappa shape index (κ2) is 8.22. The van der Waals surface area contributed by atoms with Gasteiger partial charge < -0.3 is 15.2 Å². The molecule has 0 aliphatic rings. The van der Waals surface area contributed by atoms with Crippen LogP contribution in [0, 0.1) is 12.7 Å². The molecule has 3 aromatic rings. The Labute approximate surface area is 154 Å². The van der Waals surface area contributed by atoms with Crippen molar-refractivity contribution in [3.8, 4) is 11.4 Å². The predicted octanol–water partition coefficient (Wildman–Crippen LogP) is 2.34. The van der Waals surface area contributed by atoms with E-state index in [1.165, 1.54) is 24.3 Å². The summed E-state index contributed by atoms with van der Waals surface area (Å²) in [6.07, 6.45) is 0. The van der Waals surface area contributed by atoms with Crippen LogP contribution in [0.15, 0.2) is 53.1 Å². The molecule has 8 heteroatoms. The molecule has 0 saturated heterocycles. The molecular formula is C19H17FN4O3. The molecule has 3 rings (SSSR count). The van der Waals surface area contributed by atoms with Gasteiger partial charge in [0.15, 0.2) is 0 Å². The third-order valence-corrected chi connectivity index (χ3v) is 3.70. The molecule has 0 saturated carbocycles. The largest absolute Gasteiger partial charge is 0.350 e. The van der Waals surface area contributed by atoms with Gasteiger partial charge in [-0.25, -0.2) is 4.39 Å². The van der Waals surface area contributed by atoms with Gasteiger partial charge in [-0.05, 0) is 43.3 Å². The average Bonchev–Trinajstić information content (AvgIpc) is 3.16. The number of aromatic nitrogens is 2. The first kappa shape index (κ1) is 18.2. The fraction of sp³-hybridized carbons (Fsp3) is 0.158. The molecule has 2 N–H and O–H groups in total. The monoisotopic (exact) mass is 368 g/mol. The fourth-order valence-corrected chi connectivity index (χ4v) is 2.35. The normalized spacial score (nSPS) is 10.4. The molecule has 2 amide bonds. The first-order chi connectivity index (χ1) is 13.0. The van der Waals surface area contributed by atoms with Crippen LogP contribution in [0.5, 0.6) is 0 Å². The van der Waals surface area contributed by atoms with Gasteiger partial charge in [0.2, 0.25) is 5.82 Å². The van der Waals surface area contributed by atoms with E-state index in [4.69, 9.17) is 4.52 Å². The Morgan fingerprint density at radius 2 is 1.74 bits per heavy atom. The first-order valence-corrected chi connectivity index (χ1v) is 8.25. The van der Waals surface area contributed by atoms with E-state index in [0.717, 1.165) is 5.56 Å². The second-order valence-corrected chi connectivity index (χ2v) is 5.81. The Bertz CT molecular complexity index is 954. The number of amides is 2. The summed E-state index contributed by atoms with van der Waals surface area (Å²) >= 11 is 0. The van der Waals surface area contributed by atoms with E-state index in [9.17, 15) is 14.0 Å². The van der Waals surface area contributed by atoms with E-state index in [2.05, 4.69) is 20.8 Å². The molecule has 0 fully saturated rings. The number of nitrogens with one attached hydrogen (secondary N) is 2. The van der Waals surface area contributed by atoms with Gasteiger partial charge in [0.1, 0.15) is 5.82 Å². The molecule has 0 unspecified atom stereocenters. The molecule has 27 heavy (non-hydrogen) atoms. The first-order valence-electron chi connectivity index (χ1n) is 8.25. The zero-order valence-electron chi connectivity index (χ0n) is 14.5. The highest BCUT2D eigenvalue weighted by Crippen LogP contribution is 2.15. The Hall–Kier alpha value is -3.55. The third kappa shape index (κ3) is 4.75. The van der Waals surface area contributed by atoms with Crippen LogP contribution in [0.3, 0.4) is 0 Å². The number of hydrogen-bond acceptors (Lipinski definition) is 5. The van der Waals surface area contributed by atoms with E-state index in [1.807, 2.05) is 13.0 Å². The van der Waals surface area contributed by atoms with Crippen molar-refractivity contribution in [1.29, 1.82) is 0 Å². The number of nitrogens with zero attached hydrogens (tertiary/aromatic N) is 2. The second-order valence-electron chi connectivity index (χ2n) is 5.81. The summed E-state index contributed by atoms with van der Waals surface area (Å²) in [5.74, 6) is -1.18. The Balaban J connectivity index is 1.48. The molecule has 1 heterocycles. The maximum atomic E-state index is 12.9. The molecule has 1 aromatic heterocycles. The SMILES string of the molecule is Cc1cccc(C(=O)NCCNC(=O)c2nc(-c3ccc(F)cc3)no2)c1. The van der Waals surface area contributed by atoms with Crippen molar-refractivity contribution in [2.24, 2.45) is 0 Å². The van der Waals surface area contributed by atoms with Crippen molar-refractivity contribution in [1.82, 2.24) is 20.8 Å². The Kier molecular flexibility index (Phi) is 5.55. The minimum atomic E-state index is -0.555. The van der Waals surface area contributed by atoms with Gasteiger partial charge in [-0.3, -0.25) is 9.59 Å². The van der Waals surface area contributed by atoms with Gasteiger partial charge in [0, 0.05) is 24.2 Å². The van der Waals surface area contributed by atoms with Crippen molar-refractivity contribution in [3.05, 3.63) is 71.4 Å². The molecule has 0 bridgehead atoms. The maximum Gasteiger partial charge on any atom is 0.316 e. The third-order valence-electron chi connectivity index (χ3n) is 3.70. The van der Waals surface area contributed by atoms with E-state index >= 15 is 0 Å². The molecule has 2 aromatic carbocycles. The van der Waals surface area contributed by atoms with Crippen LogP contribution in [-0.4, -0.2) is 35.0 Å². The van der Waals surface area contributed by atoms with Gasteiger partial charge in [0.25, 0.3) is 5.91 Å². The van der Waals surface area contributed by atoms with E-state index < -0.39 is 5.91 Å². The van der Waals surface area contributed by atoms with E-state index in [1.54, 1.807) is 18.2 Å². The standard InChI is InChI=1S/C19H17FN4O3/c1-12-3-2-4-14(11-12)17(25)21-9-10-22-18(26)19-23-16(24-27-19)13-5-7-15(20)8-6-13/h2-8,11H,9-10H2,1H3,(H,21,25)(H,22,26). The number of halogens is 1. The van der Waals surface area contributed by atoms with Gasteiger partial charge in [-0.2, -0.15) is 4.98 Å². The molecule has 7 nitrogen and oxygen atoms in total. The lowest BCUT2D eigenvalue weighted by atomic mass is 10.1. The zero-order chi connectivity index (χ0) is 19.2. The summed E-state index contributed by atoms with van der Waals surface area (Å²) in [5, 5.41) is 9.00. The summed E-state index contributed by atoms with van der Waals surface area (Å²) in [6, 6.07) is 12.7. The highest BCUT2D eigenvalue weighted by Gasteiger charge is 2.16. The average molecular weight is 368 g/mol. The minimum absolute atomic E-state index is 0.188. The highest BCUT2D eigenvalue weighted by atomic mass is 19.1. The molecular weight excluding hydrogens is 351 g/mol. The van der Waals surface area contributed by atoms with Crippen molar-refractivity contribution in [2.75, 3.05) is 13.1 Å². The van der Waals surface area contributed by atoms with E-state index in [-0.39, 0.29) is 36.5 Å². The number of carbonyl (C=O) groups is 2. The summed E-state index contributed by atoms with van der Waals surface area (Å²) in [7, 11) is 0.